The van der Waals surface area contributed by atoms with Gasteiger partial charge in [-0.05, 0) is 65.8 Å². The minimum atomic E-state index is -4.52. The Morgan fingerprint density at radius 1 is 0.905 bits per heavy atom. The summed E-state index contributed by atoms with van der Waals surface area (Å²) in [5.41, 5.74) is 2.14. The number of alkyl halides is 3. The highest BCUT2D eigenvalue weighted by molar-refractivity contribution is 5.95. The van der Waals surface area contributed by atoms with Crippen LogP contribution in [-0.2, 0) is 28.7 Å². The molecule has 1 fully saturated rings. The first-order chi connectivity index (χ1) is 20.0. The van der Waals surface area contributed by atoms with Crippen LogP contribution in [0.15, 0.2) is 72.8 Å². The van der Waals surface area contributed by atoms with Gasteiger partial charge in [0, 0.05) is 11.3 Å². The molecule has 1 saturated carbocycles. The molecule has 0 aromatic heterocycles. The molecule has 0 heterocycles. The second-order valence-electron chi connectivity index (χ2n) is 10.5. The lowest BCUT2D eigenvalue weighted by Crippen LogP contribution is -2.36. The van der Waals surface area contributed by atoms with Crippen molar-refractivity contribution in [2.45, 2.75) is 63.3 Å². The lowest BCUT2D eigenvalue weighted by Gasteiger charge is -2.26. The predicted molar refractivity (Wildman–Crippen MR) is 151 cm³/mol. The number of nitrogens with one attached hydrogen (secondary N) is 1. The summed E-state index contributed by atoms with van der Waals surface area (Å²) in [6, 6.07) is 18.8. The average Bonchev–Trinajstić information content (AvgIpc) is 2.99. The number of aliphatic hydroxyl groups is 1. The number of hydrogen-bond acceptors (Lipinski definition) is 4. The summed E-state index contributed by atoms with van der Waals surface area (Å²) in [5.74, 6) is -1.94. The summed E-state index contributed by atoms with van der Waals surface area (Å²) in [5, 5.41) is 20.5. The Kier molecular flexibility index (Phi) is 10.0. The van der Waals surface area contributed by atoms with Gasteiger partial charge in [0.25, 0.3) is 5.91 Å². The number of anilines is 1. The molecule has 3 aromatic rings. The van der Waals surface area contributed by atoms with E-state index < -0.39 is 36.3 Å². The van der Waals surface area contributed by atoms with Crippen LogP contribution in [-0.4, -0.2) is 40.6 Å². The number of carboxylic acids is 1. The predicted octanol–water partition coefficient (Wildman–Crippen LogP) is 5.70. The Labute approximate surface area is 242 Å². The molecule has 7 nitrogen and oxygen atoms in total. The number of carbonyl (C=O) groups excluding carboxylic acids is 2. The second kappa shape index (κ2) is 13.7. The van der Waals surface area contributed by atoms with Crippen LogP contribution in [0.1, 0.15) is 70.6 Å². The van der Waals surface area contributed by atoms with Crippen LogP contribution in [0.2, 0.25) is 0 Å². The number of carbonyl (C=O) groups is 3. The van der Waals surface area contributed by atoms with Crippen LogP contribution in [0.4, 0.5) is 18.9 Å². The van der Waals surface area contributed by atoms with Crippen LogP contribution in [0.25, 0.3) is 0 Å². The van der Waals surface area contributed by atoms with Gasteiger partial charge in [-0.2, -0.15) is 13.2 Å². The molecule has 1 aliphatic rings. The number of rotatable bonds is 10. The molecule has 1 aliphatic carbocycles. The fourth-order valence-corrected chi connectivity index (χ4v) is 5.14. The molecule has 3 aromatic carbocycles. The molecule has 3 N–H and O–H groups in total. The Hall–Kier alpha value is -4.18. The van der Waals surface area contributed by atoms with Crippen LogP contribution < -0.4 is 10.2 Å². The van der Waals surface area contributed by atoms with E-state index in [9.17, 15) is 32.7 Å². The van der Waals surface area contributed by atoms with Gasteiger partial charge in [0.2, 0.25) is 5.91 Å². The molecule has 222 valence electrons. The number of nitrogens with zero attached hydrogens (tertiary/aromatic N) is 1. The molecule has 0 radical (unpaired) electrons. The van der Waals surface area contributed by atoms with Crippen molar-refractivity contribution in [3.63, 3.8) is 0 Å². The third kappa shape index (κ3) is 8.19. The largest absolute Gasteiger partial charge is 0.479 e. The van der Waals surface area contributed by atoms with Gasteiger partial charge in [-0.15, -0.1) is 0 Å². The number of benzene rings is 3. The summed E-state index contributed by atoms with van der Waals surface area (Å²) < 4.78 is 39.8. The molecule has 1 atom stereocenters. The van der Waals surface area contributed by atoms with Gasteiger partial charge in [-0.1, -0.05) is 61.7 Å². The Balaban J connectivity index is 1.54. The summed E-state index contributed by atoms with van der Waals surface area (Å²) in [6.45, 7) is -0.342. The molecule has 0 bridgehead atoms. The monoisotopic (exact) mass is 582 g/mol. The van der Waals surface area contributed by atoms with Gasteiger partial charge in [0.05, 0.1) is 25.1 Å². The zero-order valence-corrected chi connectivity index (χ0v) is 22.9. The Bertz CT molecular complexity index is 1380. The molecule has 42 heavy (non-hydrogen) atoms. The summed E-state index contributed by atoms with van der Waals surface area (Å²) in [6.07, 6.45) is -0.649. The van der Waals surface area contributed by atoms with Crippen LogP contribution in [0.3, 0.4) is 0 Å². The second-order valence-corrected chi connectivity index (χ2v) is 10.5. The number of carboxylic acid groups (broad SMARTS) is 1. The first kappa shape index (κ1) is 30.8. The minimum Gasteiger partial charge on any atom is -0.479 e. The van der Waals surface area contributed by atoms with Crippen molar-refractivity contribution in [2.75, 3.05) is 11.4 Å². The lowest BCUT2D eigenvalue weighted by atomic mass is 9.84. The van der Waals surface area contributed by atoms with E-state index in [2.05, 4.69) is 5.32 Å². The van der Waals surface area contributed by atoms with Crippen molar-refractivity contribution in [1.29, 1.82) is 0 Å². The highest BCUT2D eigenvalue weighted by Gasteiger charge is 2.30. The van der Waals surface area contributed by atoms with E-state index >= 15 is 0 Å². The third-order valence-corrected chi connectivity index (χ3v) is 7.49. The Morgan fingerprint density at radius 2 is 1.57 bits per heavy atom. The molecule has 10 heteroatoms. The van der Waals surface area contributed by atoms with E-state index in [1.165, 1.54) is 54.0 Å². The maximum atomic E-state index is 13.6. The van der Waals surface area contributed by atoms with E-state index in [0.29, 0.717) is 17.2 Å². The minimum absolute atomic E-state index is 0.111. The number of aliphatic hydroxyl groups excluding tert-OH is 1. The maximum Gasteiger partial charge on any atom is 0.416 e. The van der Waals surface area contributed by atoms with Gasteiger partial charge in [0.1, 0.15) is 0 Å². The molecule has 4 rings (SSSR count). The fraction of sp³-hybridized carbons (Fsp3) is 0.344. The van der Waals surface area contributed by atoms with E-state index in [4.69, 9.17) is 5.11 Å². The quantitative estimate of drug-likeness (QED) is 0.284. The molecular formula is C32H33F3N2O5. The topological polar surface area (TPSA) is 107 Å². The smallest absolute Gasteiger partial charge is 0.416 e. The van der Waals surface area contributed by atoms with Gasteiger partial charge >= 0.3 is 12.1 Å². The van der Waals surface area contributed by atoms with Crippen molar-refractivity contribution in [3.05, 3.63) is 101 Å². The number of aliphatic carboxylic acids is 1. The Morgan fingerprint density at radius 3 is 2.19 bits per heavy atom. The van der Waals surface area contributed by atoms with Crippen molar-refractivity contribution in [1.82, 2.24) is 5.32 Å². The van der Waals surface area contributed by atoms with Crippen molar-refractivity contribution >= 4 is 23.5 Å². The van der Waals surface area contributed by atoms with Crippen LogP contribution in [0, 0.1) is 0 Å². The zero-order chi connectivity index (χ0) is 30.3. The van der Waals surface area contributed by atoms with Crippen molar-refractivity contribution < 1.29 is 37.8 Å². The summed E-state index contributed by atoms with van der Waals surface area (Å²) in [7, 11) is 0. The maximum absolute atomic E-state index is 13.6. The fourth-order valence-electron chi connectivity index (χ4n) is 5.14. The number of halogens is 3. The third-order valence-electron chi connectivity index (χ3n) is 7.49. The molecule has 0 spiro atoms. The molecule has 0 aliphatic heterocycles. The SMILES string of the molecule is O=C(NCC(O)C(=O)O)c1ccc(CN(C(=O)Cc2cccc(C(F)(F)F)c2)c2ccc(C3CCCCC3)cc2)cc1. The van der Waals surface area contributed by atoms with Crippen molar-refractivity contribution in [2.24, 2.45) is 0 Å². The van der Waals surface area contributed by atoms with Gasteiger partial charge in [0.15, 0.2) is 6.10 Å². The van der Waals surface area contributed by atoms with E-state index in [1.807, 2.05) is 24.3 Å². The highest BCUT2D eigenvalue weighted by atomic mass is 19.4. The molecule has 0 saturated heterocycles. The average molecular weight is 583 g/mol. The zero-order valence-electron chi connectivity index (χ0n) is 22.9. The first-order valence-corrected chi connectivity index (χ1v) is 13.9. The van der Waals surface area contributed by atoms with Gasteiger partial charge in [-0.3, -0.25) is 9.59 Å². The van der Waals surface area contributed by atoms with Gasteiger partial charge in [-0.25, -0.2) is 4.79 Å². The lowest BCUT2D eigenvalue weighted by molar-refractivity contribution is -0.146. The molecule has 2 amide bonds. The normalized spacial score (nSPS) is 14.7. The van der Waals surface area contributed by atoms with E-state index in [1.54, 1.807) is 12.1 Å². The first-order valence-electron chi connectivity index (χ1n) is 13.9. The van der Waals surface area contributed by atoms with E-state index in [-0.39, 0.29) is 30.0 Å². The highest BCUT2D eigenvalue weighted by Crippen LogP contribution is 2.34. The van der Waals surface area contributed by atoms with Crippen LogP contribution in [0.5, 0.6) is 0 Å². The van der Waals surface area contributed by atoms with Crippen LogP contribution >= 0.6 is 0 Å². The number of hydrogen-bond donors (Lipinski definition) is 3. The summed E-state index contributed by atoms with van der Waals surface area (Å²) in [4.78, 5) is 38.2. The molecular weight excluding hydrogens is 549 g/mol. The van der Waals surface area contributed by atoms with E-state index in [0.717, 1.165) is 25.0 Å². The van der Waals surface area contributed by atoms with Crippen molar-refractivity contribution in [3.8, 4) is 0 Å². The summed E-state index contributed by atoms with van der Waals surface area (Å²) >= 11 is 0. The standard InChI is InChI=1S/C32H33F3N2O5/c33-32(34,35)26-8-4-5-22(17-26)18-29(39)37(27-15-13-24(14-16-27)23-6-2-1-3-7-23)20-21-9-11-25(12-10-21)30(40)36-19-28(38)31(41)42/h4-5,8-17,23,28,38H,1-3,6-7,18-20H2,(H,36,40)(H,41,42). The molecule has 1 unspecified atom stereocenters. The van der Waals surface area contributed by atoms with Gasteiger partial charge < -0.3 is 20.4 Å². The number of amides is 2.